The topological polar surface area (TPSA) is 85.0 Å². The van der Waals surface area contributed by atoms with Gasteiger partial charge in [0.05, 0.1) is 24.9 Å². The minimum atomic E-state index is -0.603. The van der Waals surface area contributed by atoms with Gasteiger partial charge in [0.2, 0.25) is 0 Å². The SMILES string of the molecule is COC(=O)c1cc(C#N)c(=O)n(Cc2csc(-c3ccccc3)n2)c1. The first-order chi connectivity index (χ1) is 12.1. The summed E-state index contributed by atoms with van der Waals surface area (Å²) < 4.78 is 5.97. The maximum absolute atomic E-state index is 12.3. The van der Waals surface area contributed by atoms with E-state index in [-0.39, 0.29) is 17.7 Å². The minimum Gasteiger partial charge on any atom is -0.465 e. The van der Waals surface area contributed by atoms with E-state index in [1.165, 1.54) is 35.3 Å². The van der Waals surface area contributed by atoms with Crippen LogP contribution in [-0.2, 0) is 11.3 Å². The Morgan fingerprint density at radius 1 is 1.36 bits per heavy atom. The van der Waals surface area contributed by atoms with Crippen LogP contribution in [-0.4, -0.2) is 22.6 Å². The zero-order valence-corrected chi connectivity index (χ0v) is 14.1. The Morgan fingerprint density at radius 3 is 2.80 bits per heavy atom. The molecule has 0 atom stereocenters. The second-order valence-electron chi connectivity index (χ2n) is 5.19. The van der Waals surface area contributed by atoms with Gasteiger partial charge in [-0.05, 0) is 6.07 Å². The number of nitrogens with zero attached hydrogens (tertiary/aromatic N) is 3. The van der Waals surface area contributed by atoms with Gasteiger partial charge >= 0.3 is 5.97 Å². The standard InChI is InChI=1S/C18H13N3O3S/c1-24-18(23)14-7-13(8-19)17(22)21(9-14)10-15-11-25-16(20-15)12-5-3-2-4-6-12/h2-7,9,11H,10H2,1H3. The van der Waals surface area contributed by atoms with Crippen molar-refractivity contribution in [2.75, 3.05) is 7.11 Å². The van der Waals surface area contributed by atoms with E-state index in [1.54, 1.807) is 0 Å². The van der Waals surface area contributed by atoms with Gasteiger partial charge in [-0.15, -0.1) is 11.3 Å². The Morgan fingerprint density at radius 2 is 2.12 bits per heavy atom. The molecule has 3 rings (SSSR count). The summed E-state index contributed by atoms with van der Waals surface area (Å²) in [5.41, 5.74) is 1.24. The predicted octanol–water partition coefficient (Wildman–Crippen LogP) is 2.68. The van der Waals surface area contributed by atoms with Crippen molar-refractivity contribution in [2.24, 2.45) is 0 Å². The third kappa shape index (κ3) is 3.49. The maximum Gasteiger partial charge on any atom is 0.339 e. The van der Waals surface area contributed by atoms with Crippen LogP contribution < -0.4 is 5.56 Å². The zero-order chi connectivity index (χ0) is 17.8. The van der Waals surface area contributed by atoms with Gasteiger partial charge in [0.15, 0.2) is 0 Å². The molecule has 0 radical (unpaired) electrons. The van der Waals surface area contributed by atoms with Crippen molar-refractivity contribution in [3.8, 4) is 16.6 Å². The van der Waals surface area contributed by atoms with Gasteiger partial charge in [0, 0.05) is 17.1 Å². The van der Waals surface area contributed by atoms with Crippen LogP contribution in [0, 0.1) is 11.3 Å². The van der Waals surface area contributed by atoms with Crippen molar-refractivity contribution in [2.45, 2.75) is 6.54 Å². The number of benzene rings is 1. The molecule has 0 aliphatic heterocycles. The second-order valence-corrected chi connectivity index (χ2v) is 6.05. The second kappa shape index (κ2) is 7.11. The third-order valence-corrected chi connectivity index (χ3v) is 4.47. The number of pyridine rings is 1. The number of ether oxygens (including phenoxy) is 1. The summed E-state index contributed by atoms with van der Waals surface area (Å²) in [4.78, 5) is 28.6. The lowest BCUT2D eigenvalue weighted by Crippen LogP contribution is -2.24. The van der Waals surface area contributed by atoms with E-state index in [9.17, 15) is 9.59 Å². The van der Waals surface area contributed by atoms with E-state index in [2.05, 4.69) is 9.72 Å². The van der Waals surface area contributed by atoms with Gasteiger partial charge in [0.25, 0.3) is 5.56 Å². The molecule has 0 N–H and O–H groups in total. The number of aromatic nitrogens is 2. The molecule has 0 bridgehead atoms. The zero-order valence-electron chi connectivity index (χ0n) is 13.3. The van der Waals surface area contributed by atoms with Crippen molar-refractivity contribution in [3.05, 3.63) is 75.1 Å². The number of rotatable bonds is 4. The Labute approximate surface area is 147 Å². The molecule has 0 aliphatic rings. The van der Waals surface area contributed by atoms with Crippen molar-refractivity contribution >= 4 is 17.3 Å². The Balaban J connectivity index is 1.96. The highest BCUT2D eigenvalue weighted by molar-refractivity contribution is 7.13. The number of hydrogen-bond donors (Lipinski definition) is 0. The van der Waals surface area contributed by atoms with Gasteiger partial charge in [-0.25, -0.2) is 9.78 Å². The molecule has 0 saturated carbocycles. The van der Waals surface area contributed by atoms with Gasteiger partial charge in [-0.3, -0.25) is 4.79 Å². The smallest absolute Gasteiger partial charge is 0.339 e. The summed E-state index contributed by atoms with van der Waals surface area (Å²) in [5.74, 6) is -0.603. The van der Waals surface area contributed by atoms with Crippen LogP contribution in [0.5, 0.6) is 0 Å². The number of hydrogen-bond acceptors (Lipinski definition) is 6. The summed E-state index contributed by atoms with van der Waals surface area (Å²) in [6.07, 6.45) is 1.39. The van der Waals surface area contributed by atoms with Crippen LogP contribution in [0.25, 0.3) is 10.6 Å². The predicted molar refractivity (Wildman–Crippen MR) is 93.4 cm³/mol. The molecule has 25 heavy (non-hydrogen) atoms. The first-order valence-corrected chi connectivity index (χ1v) is 8.23. The normalized spacial score (nSPS) is 10.2. The Bertz CT molecular complexity index is 1020. The lowest BCUT2D eigenvalue weighted by atomic mass is 10.2. The highest BCUT2D eigenvalue weighted by Gasteiger charge is 2.14. The molecular formula is C18H13N3O3S. The fraction of sp³-hybridized carbons (Fsp3) is 0.111. The van der Waals surface area contributed by atoms with Crippen molar-refractivity contribution in [1.82, 2.24) is 9.55 Å². The van der Waals surface area contributed by atoms with Gasteiger partial charge < -0.3 is 9.30 Å². The lowest BCUT2D eigenvalue weighted by molar-refractivity contribution is 0.0599. The van der Waals surface area contributed by atoms with E-state index >= 15 is 0 Å². The summed E-state index contributed by atoms with van der Waals surface area (Å²) in [6.45, 7) is 0.168. The quantitative estimate of drug-likeness (QED) is 0.675. The molecular weight excluding hydrogens is 338 g/mol. The number of carbonyl (C=O) groups excluding carboxylic acids is 1. The number of carbonyl (C=O) groups is 1. The van der Waals surface area contributed by atoms with Gasteiger partial charge in [0.1, 0.15) is 16.6 Å². The van der Waals surface area contributed by atoms with Crippen molar-refractivity contribution in [3.63, 3.8) is 0 Å². The Hall–Kier alpha value is -3.24. The van der Waals surface area contributed by atoms with Crippen LogP contribution in [0.2, 0.25) is 0 Å². The average Bonchev–Trinajstić information content (AvgIpc) is 3.12. The van der Waals surface area contributed by atoms with Crippen molar-refractivity contribution < 1.29 is 9.53 Å². The Kier molecular flexibility index (Phi) is 4.73. The van der Waals surface area contributed by atoms with Crippen LogP contribution >= 0.6 is 11.3 Å². The molecule has 0 amide bonds. The number of thiazole rings is 1. The van der Waals surface area contributed by atoms with Gasteiger partial charge in [-0.2, -0.15) is 5.26 Å². The largest absolute Gasteiger partial charge is 0.465 e. The van der Waals surface area contributed by atoms with Crippen LogP contribution in [0.3, 0.4) is 0 Å². The monoisotopic (exact) mass is 351 g/mol. The lowest BCUT2D eigenvalue weighted by Gasteiger charge is -2.07. The first-order valence-electron chi connectivity index (χ1n) is 7.35. The molecule has 6 nitrogen and oxygen atoms in total. The number of methoxy groups -OCH3 is 1. The fourth-order valence-corrected chi connectivity index (χ4v) is 3.15. The van der Waals surface area contributed by atoms with E-state index in [4.69, 9.17) is 5.26 Å². The summed E-state index contributed by atoms with van der Waals surface area (Å²) in [5, 5.41) is 11.8. The molecule has 7 heteroatoms. The highest BCUT2D eigenvalue weighted by Crippen LogP contribution is 2.23. The van der Waals surface area contributed by atoms with Crippen LogP contribution in [0.15, 0.2) is 52.8 Å². The minimum absolute atomic E-state index is 0.110. The molecule has 0 unspecified atom stereocenters. The van der Waals surface area contributed by atoms with Crippen LogP contribution in [0.1, 0.15) is 21.6 Å². The van der Waals surface area contributed by atoms with E-state index in [1.807, 2.05) is 41.8 Å². The average molecular weight is 351 g/mol. The number of esters is 1. The molecule has 1 aromatic carbocycles. The number of nitriles is 1. The van der Waals surface area contributed by atoms with Gasteiger partial charge in [-0.1, -0.05) is 30.3 Å². The molecule has 0 fully saturated rings. The highest BCUT2D eigenvalue weighted by atomic mass is 32.1. The molecule has 2 aromatic heterocycles. The summed E-state index contributed by atoms with van der Waals surface area (Å²) >= 11 is 1.47. The molecule has 2 heterocycles. The van der Waals surface area contributed by atoms with E-state index < -0.39 is 11.5 Å². The third-order valence-electron chi connectivity index (χ3n) is 3.53. The molecule has 124 valence electrons. The van der Waals surface area contributed by atoms with E-state index in [0.717, 1.165) is 10.6 Å². The first kappa shape index (κ1) is 16.6. The summed E-state index contributed by atoms with van der Waals surface area (Å²) in [7, 11) is 1.25. The molecule has 3 aromatic rings. The van der Waals surface area contributed by atoms with Crippen LogP contribution in [0.4, 0.5) is 0 Å². The molecule has 0 aliphatic carbocycles. The fourth-order valence-electron chi connectivity index (χ4n) is 2.33. The van der Waals surface area contributed by atoms with E-state index in [0.29, 0.717) is 5.69 Å². The molecule has 0 spiro atoms. The maximum atomic E-state index is 12.3. The van der Waals surface area contributed by atoms with Crippen molar-refractivity contribution in [1.29, 1.82) is 5.26 Å². The summed E-state index contributed by atoms with van der Waals surface area (Å²) in [6, 6.07) is 12.8. The molecule has 0 saturated heterocycles.